The number of para-hydroxylation sites is 1. The van der Waals surface area contributed by atoms with Crippen LogP contribution in [0.4, 0.5) is 0 Å². The maximum atomic E-state index is 11.2. The summed E-state index contributed by atoms with van der Waals surface area (Å²) in [6.45, 7) is 2.28. The topological polar surface area (TPSA) is 76.7 Å². The number of carboxylic acid groups (broad SMARTS) is 1. The van der Waals surface area contributed by atoms with E-state index in [4.69, 9.17) is 14.3 Å². The van der Waals surface area contributed by atoms with Crippen LogP contribution in [0.25, 0.3) is 11.0 Å². The number of ketones is 1. The molecule has 0 spiro atoms. The molecule has 2 rings (SSSR count). The van der Waals surface area contributed by atoms with Gasteiger partial charge in [0, 0.05) is 5.39 Å². The second kappa shape index (κ2) is 4.29. The van der Waals surface area contributed by atoms with Gasteiger partial charge in [-0.05, 0) is 19.1 Å². The van der Waals surface area contributed by atoms with E-state index in [9.17, 15) is 9.59 Å². The first kappa shape index (κ1) is 11.2. The summed E-state index contributed by atoms with van der Waals surface area (Å²) in [6.07, 6.45) is 0. The average molecular weight is 234 g/mol. The van der Waals surface area contributed by atoms with Gasteiger partial charge in [0.25, 0.3) is 0 Å². The van der Waals surface area contributed by atoms with Crippen molar-refractivity contribution in [2.45, 2.75) is 6.92 Å². The first-order valence-electron chi connectivity index (χ1n) is 5.06. The highest BCUT2D eigenvalue weighted by atomic mass is 16.5. The van der Waals surface area contributed by atoms with Crippen molar-refractivity contribution in [3.8, 4) is 5.75 Å². The highest BCUT2D eigenvalue weighted by Crippen LogP contribution is 2.28. The zero-order chi connectivity index (χ0) is 12.4. The van der Waals surface area contributed by atoms with E-state index in [0.717, 1.165) is 0 Å². The molecule has 0 fully saturated rings. The molecule has 88 valence electrons. The van der Waals surface area contributed by atoms with Gasteiger partial charge in [-0.2, -0.15) is 0 Å². The third-order valence-electron chi connectivity index (χ3n) is 2.23. The van der Waals surface area contributed by atoms with Crippen molar-refractivity contribution in [2.24, 2.45) is 0 Å². The van der Waals surface area contributed by atoms with Gasteiger partial charge in [0.1, 0.15) is 0 Å². The number of benzene rings is 1. The van der Waals surface area contributed by atoms with Crippen LogP contribution in [-0.4, -0.2) is 23.5 Å². The van der Waals surface area contributed by atoms with Crippen molar-refractivity contribution >= 4 is 22.7 Å². The maximum absolute atomic E-state index is 11.2. The van der Waals surface area contributed by atoms with E-state index in [0.29, 0.717) is 23.3 Å². The Labute approximate surface area is 96.6 Å². The molecule has 0 bridgehead atoms. The van der Waals surface area contributed by atoms with Crippen LogP contribution in [0.3, 0.4) is 0 Å². The molecule has 1 heterocycles. The van der Waals surface area contributed by atoms with E-state index in [1.54, 1.807) is 18.2 Å². The van der Waals surface area contributed by atoms with Gasteiger partial charge in [-0.15, -0.1) is 0 Å². The highest BCUT2D eigenvalue weighted by molar-refractivity contribution is 6.39. The van der Waals surface area contributed by atoms with Gasteiger partial charge in [-0.3, -0.25) is 4.79 Å². The van der Waals surface area contributed by atoms with Crippen LogP contribution in [0.5, 0.6) is 5.75 Å². The predicted molar refractivity (Wildman–Crippen MR) is 59.3 cm³/mol. The smallest absolute Gasteiger partial charge is 0.380 e. The largest absolute Gasteiger partial charge is 0.490 e. The minimum absolute atomic E-state index is 0.195. The third kappa shape index (κ3) is 1.99. The summed E-state index contributed by atoms with van der Waals surface area (Å²) >= 11 is 0. The number of carboxylic acids is 1. The number of Topliss-reactive ketones (excluding diaryl/α,β-unsaturated/α-hetero) is 1. The molecule has 0 aliphatic heterocycles. The van der Waals surface area contributed by atoms with Crippen LogP contribution in [0.2, 0.25) is 0 Å². The summed E-state index contributed by atoms with van der Waals surface area (Å²) in [5.74, 6) is -2.31. The Hall–Kier alpha value is -2.30. The van der Waals surface area contributed by atoms with Crippen LogP contribution in [0, 0.1) is 0 Å². The molecule has 0 radical (unpaired) electrons. The minimum Gasteiger partial charge on any atom is -0.490 e. The molecule has 17 heavy (non-hydrogen) atoms. The van der Waals surface area contributed by atoms with Gasteiger partial charge < -0.3 is 14.3 Å². The average Bonchev–Trinajstić information content (AvgIpc) is 2.73. The first-order valence-corrected chi connectivity index (χ1v) is 5.06. The number of rotatable bonds is 4. The van der Waals surface area contributed by atoms with E-state index in [1.807, 2.05) is 6.92 Å². The maximum Gasteiger partial charge on any atom is 0.380 e. The summed E-state index contributed by atoms with van der Waals surface area (Å²) in [6, 6.07) is 6.57. The van der Waals surface area contributed by atoms with E-state index < -0.39 is 11.8 Å². The van der Waals surface area contributed by atoms with E-state index in [2.05, 4.69) is 0 Å². The van der Waals surface area contributed by atoms with Crippen LogP contribution >= 0.6 is 0 Å². The summed E-state index contributed by atoms with van der Waals surface area (Å²) in [5, 5.41) is 9.23. The zero-order valence-electron chi connectivity index (χ0n) is 9.10. The quantitative estimate of drug-likeness (QED) is 0.647. The Balaban J connectivity index is 2.53. The molecule has 2 aromatic rings. The molecule has 5 nitrogen and oxygen atoms in total. The van der Waals surface area contributed by atoms with Gasteiger partial charge >= 0.3 is 11.8 Å². The Morgan fingerprint density at radius 1 is 1.41 bits per heavy atom. The van der Waals surface area contributed by atoms with Gasteiger partial charge in [-0.25, -0.2) is 4.79 Å². The summed E-state index contributed by atoms with van der Waals surface area (Å²) in [4.78, 5) is 21.8. The SMILES string of the molecule is CCOc1cccc2cc(C(=O)C(=O)O)oc12. The highest BCUT2D eigenvalue weighted by Gasteiger charge is 2.20. The number of hydrogen-bond acceptors (Lipinski definition) is 4. The van der Waals surface area contributed by atoms with Crippen LogP contribution in [-0.2, 0) is 4.79 Å². The number of carbonyl (C=O) groups is 2. The lowest BCUT2D eigenvalue weighted by Crippen LogP contribution is -2.11. The predicted octanol–water partition coefficient (Wildman–Crippen LogP) is 2.10. The third-order valence-corrected chi connectivity index (χ3v) is 2.23. The fourth-order valence-electron chi connectivity index (χ4n) is 1.52. The number of hydrogen-bond donors (Lipinski definition) is 1. The van der Waals surface area contributed by atoms with E-state index in [1.165, 1.54) is 6.07 Å². The molecular formula is C12H10O5. The number of ether oxygens (including phenoxy) is 1. The van der Waals surface area contributed by atoms with Crippen molar-refractivity contribution in [3.63, 3.8) is 0 Å². The second-order valence-electron chi connectivity index (χ2n) is 3.35. The van der Waals surface area contributed by atoms with Gasteiger partial charge in [0.05, 0.1) is 6.61 Å². The van der Waals surface area contributed by atoms with Crippen molar-refractivity contribution in [2.75, 3.05) is 6.61 Å². The molecule has 0 aliphatic carbocycles. The van der Waals surface area contributed by atoms with Crippen molar-refractivity contribution in [1.29, 1.82) is 0 Å². The monoisotopic (exact) mass is 234 g/mol. The molecule has 0 unspecified atom stereocenters. The molecular weight excluding hydrogens is 224 g/mol. The van der Waals surface area contributed by atoms with Crippen molar-refractivity contribution < 1.29 is 23.8 Å². The number of furan rings is 1. The van der Waals surface area contributed by atoms with Gasteiger partial charge in [0.15, 0.2) is 17.1 Å². The molecule has 1 aromatic heterocycles. The van der Waals surface area contributed by atoms with Gasteiger partial charge in [-0.1, -0.05) is 12.1 Å². The molecule has 0 aliphatic rings. The Morgan fingerprint density at radius 3 is 2.82 bits per heavy atom. The molecule has 0 atom stereocenters. The molecule has 0 saturated heterocycles. The summed E-state index contributed by atoms with van der Waals surface area (Å²) in [5.41, 5.74) is 0.388. The molecule has 0 saturated carbocycles. The lowest BCUT2D eigenvalue weighted by atomic mass is 10.2. The number of carbonyl (C=O) groups excluding carboxylic acids is 1. The van der Waals surface area contributed by atoms with Crippen LogP contribution in [0.1, 0.15) is 17.5 Å². The lowest BCUT2D eigenvalue weighted by molar-refractivity contribution is -0.131. The summed E-state index contributed by atoms with van der Waals surface area (Å²) in [7, 11) is 0. The number of fused-ring (bicyclic) bond motifs is 1. The fourth-order valence-corrected chi connectivity index (χ4v) is 1.52. The molecule has 1 aromatic carbocycles. The Kier molecular flexibility index (Phi) is 2.82. The zero-order valence-corrected chi connectivity index (χ0v) is 9.10. The van der Waals surface area contributed by atoms with Crippen molar-refractivity contribution in [3.05, 3.63) is 30.0 Å². The van der Waals surface area contributed by atoms with Crippen LogP contribution in [0.15, 0.2) is 28.7 Å². The van der Waals surface area contributed by atoms with E-state index >= 15 is 0 Å². The summed E-state index contributed by atoms with van der Waals surface area (Å²) < 4.78 is 10.5. The number of aliphatic carboxylic acids is 1. The lowest BCUT2D eigenvalue weighted by Gasteiger charge is -2.01. The van der Waals surface area contributed by atoms with Gasteiger partial charge in [0.2, 0.25) is 0 Å². The molecule has 1 N–H and O–H groups in total. The Bertz CT molecular complexity index is 582. The second-order valence-corrected chi connectivity index (χ2v) is 3.35. The molecule has 5 heteroatoms. The van der Waals surface area contributed by atoms with Crippen molar-refractivity contribution in [1.82, 2.24) is 0 Å². The normalized spacial score (nSPS) is 10.4. The molecule has 0 amide bonds. The van der Waals surface area contributed by atoms with Crippen LogP contribution < -0.4 is 4.74 Å². The first-order chi connectivity index (χ1) is 8.13. The standard InChI is InChI=1S/C12H10O5/c1-2-16-8-5-3-4-7-6-9(17-11(7)8)10(13)12(14)15/h3-6H,2H2,1H3,(H,14,15). The van der Waals surface area contributed by atoms with E-state index in [-0.39, 0.29) is 5.76 Å². The Morgan fingerprint density at radius 2 is 2.18 bits per heavy atom. The fraction of sp³-hybridized carbons (Fsp3) is 0.167. The minimum atomic E-state index is -1.54.